The zero-order chi connectivity index (χ0) is 59.6. The second-order valence-electron chi connectivity index (χ2n) is 25.0. The zero-order valence-electron chi connectivity index (χ0n) is 53.9. The van der Waals surface area contributed by atoms with Gasteiger partial charge in [0.05, 0.1) is 25.4 Å². The minimum absolute atomic E-state index is 0.122. The highest BCUT2D eigenvalue weighted by atomic mass is 16.7. The lowest BCUT2D eigenvalue weighted by molar-refractivity contribution is -0.305. The molecule has 0 radical (unpaired) electrons. The smallest absolute Gasteiger partial charge is 0.306 e. The Kier molecular flexibility index (Phi) is 56.7. The largest absolute Gasteiger partial charge is 0.454 e. The number of amides is 1. The monoisotopic (exact) mass is 1160 g/mol. The number of aliphatic hydroxyl groups excluding tert-OH is 5. The predicted octanol–water partition coefficient (Wildman–Crippen LogP) is 18.0. The molecule has 1 fully saturated rings. The van der Waals surface area contributed by atoms with Crippen molar-refractivity contribution >= 4 is 11.9 Å². The Morgan fingerprint density at radius 2 is 0.805 bits per heavy atom. The molecule has 6 N–H and O–H groups in total. The molecule has 8 unspecified atom stereocenters. The van der Waals surface area contributed by atoms with Crippen molar-refractivity contribution in [1.29, 1.82) is 0 Å². The first kappa shape index (κ1) is 78.2. The zero-order valence-corrected chi connectivity index (χ0v) is 53.9. The van der Waals surface area contributed by atoms with Crippen molar-refractivity contribution in [2.45, 2.75) is 404 Å². The van der Waals surface area contributed by atoms with Gasteiger partial charge in [0.1, 0.15) is 24.4 Å². The molecule has 1 aliphatic rings. The van der Waals surface area contributed by atoms with Crippen LogP contribution in [0.4, 0.5) is 0 Å². The predicted molar refractivity (Wildman–Crippen MR) is 343 cm³/mol. The van der Waals surface area contributed by atoms with Gasteiger partial charge in [-0.15, -0.1) is 0 Å². The summed E-state index contributed by atoms with van der Waals surface area (Å²) in [7, 11) is 0. The minimum atomic E-state index is -1.61. The van der Waals surface area contributed by atoms with Crippen LogP contribution in [0.25, 0.3) is 0 Å². The molecule has 0 aromatic rings. The van der Waals surface area contributed by atoms with E-state index in [1.807, 2.05) is 6.08 Å². The van der Waals surface area contributed by atoms with Crippen molar-refractivity contribution in [3.63, 3.8) is 0 Å². The van der Waals surface area contributed by atoms with Crippen LogP contribution in [0.15, 0.2) is 24.3 Å². The van der Waals surface area contributed by atoms with Gasteiger partial charge >= 0.3 is 5.97 Å². The Bertz CT molecular complexity index is 1430. The summed E-state index contributed by atoms with van der Waals surface area (Å²) in [5, 5.41) is 57.2. The Labute approximate surface area is 505 Å². The maximum atomic E-state index is 13.5. The molecule has 1 amide bonds. The van der Waals surface area contributed by atoms with Crippen LogP contribution in [0.1, 0.15) is 355 Å². The second kappa shape index (κ2) is 59.5. The standard InChI is InChI=1S/C71H135NO10/c1-4-7-10-13-16-19-22-25-27-28-29-30-31-32-33-34-35-36-37-39-40-43-46-49-52-55-58-64(75)70(79)72-62(63(74)57-54-51-48-45-42-24-21-18-15-12-9-6-3)61-80-71-69(68(78)67(77)65(60-73)81-71)82-66(76)59-56-53-50-47-44-41-38-26-23-20-17-14-11-8-5-2/h20,23,54,57,62-65,67-69,71,73-75,77-78H,4-19,21-22,24-53,55-56,58-61H2,1-3H3,(H,72,79)/b23-20-,57-54+. The summed E-state index contributed by atoms with van der Waals surface area (Å²) in [4.78, 5) is 26.6. The molecule has 0 aromatic carbocycles. The minimum Gasteiger partial charge on any atom is -0.454 e. The number of carbonyl (C=O) groups is 2. The van der Waals surface area contributed by atoms with Gasteiger partial charge in [0.25, 0.3) is 0 Å². The van der Waals surface area contributed by atoms with Gasteiger partial charge < -0.3 is 45.1 Å². The molecule has 8 atom stereocenters. The maximum absolute atomic E-state index is 13.5. The average Bonchev–Trinajstić information content (AvgIpc) is 3.44. The normalized spacial score (nSPS) is 18.7. The van der Waals surface area contributed by atoms with Crippen molar-refractivity contribution in [1.82, 2.24) is 5.32 Å². The fraction of sp³-hybridized carbons (Fsp3) is 0.915. The van der Waals surface area contributed by atoms with E-state index >= 15 is 0 Å². The van der Waals surface area contributed by atoms with E-state index in [0.717, 1.165) is 70.6 Å². The summed E-state index contributed by atoms with van der Waals surface area (Å²) in [5.74, 6) is -1.18. The van der Waals surface area contributed by atoms with Crippen LogP contribution in [-0.2, 0) is 23.8 Å². The third-order valence-electron chi connectivity index (χ3n) is 17.1. The van der Waals surface area contributed by atoms with E-state index in [2.05, 4.69) is 38.2 Å². The molecule has 0 spiro atoms. The van der Waals surface area contributed by atoms with Crippen LogP contribution in [0.5, 0.6) is 0 Å². The van der Waals surface area contributed by atoms with Crippen molar-refractivity contribution in [3.05, 3.63) is 24.3 Å². The van der Waals surface area contributed by atoms with E-state index in [1.165, 1.54) is 238 Å². The van der Waals surface area contributed by atoms with E-state index in [1.54, 1.807) is 6.08 Å². The van der Waals surface area contributed by atoms with Gasteiger partial charge in [-0.3, -0.25) is 9.59 Å². The molecule has 1 heterocycles. The van der Waals surface area contributed by atoms with Crippen molar-refractivity contribution in [2.24, 2.45) is 0 Å². The summed E-state index contributed by atoms with van der Waals surface area (Å²) < 4.78 is 17.7. The molecule has 0 aliphatic carbocycles. The Hall–Kier alpha value is -1.86. The first-order chi connectivity index (χ1) is 40.2. The summed E-state index contributed by atoms with van der Waals surface area (Å²) in [6.07, 6.45) is 60.9. The topological polar surface area (TPSA) is 175 Å². The summed E-state index contributed by atoms with van der Waals surface area (Å²) in [5.41, 5.74) is 0. The molecule has 11 nitrogen and oxygen atoms in total. The number of ether oxygens (including phenoxy) is 3. The Balaban J connectivity index is 2.53. The third-order valence-corrected chi connectivity index (χ3v) is 17.1. The van der Waals surface area contributed by atoms with Crippen molar-refractivity contribution < 1.29 is 49.3 Å². The van der Waals surface area contributed by atoms with Crippen LogP contribution in [0.2, 0.25) is 0 Å². The van der Waals surface area contributed by atoms with Crippen LogP contribution in [-0.4, -0.2) is 99.6 Å². The Morgan fingerprint density at radius 1 is 0.463 bits per heavy atom. The first-order valence-corrected chi connectivity index (χ1v) is 35.6. The average molecular weight is 1160 g/mol. The lowest BCUT2D eigenvalue weighted by Crippen LogP contribution is -2.61. The van der Waals surface area contributed by atoms with Crippen LogP contribution in [0, 0.1) is 0 Å². The molecule has 11 heteroatoms. The molecule has 1 saturated heterocycles. The number of carbonyl (C=O) groups excluding carboxylic acids is 2. The molecule has 82 heavy (non-hydrogen) atoms. The summed E-state index contributed by atoms with van der Waals surface area (Å²) in [6.45, 7) is 5.82. The van der Waals surface area contributed by atoms with Gasteiger partial charge in [0.15, 0.2) is 12.4 Å². The molecule has 1 rings (SSSR count). The number of allylic oxidation sites excluding steroid dienone is 3. The van der Waals surface area contributed by atoms with E-state index in [-0.39, 0.29) is 13.0 Å². The lowest BCUT2D eigenvalue weighted by atomic mass is 9.99. The Morgan fingerprint density at radius 3 is 1.20 bits per heavy atom. The first-order valence-electron chi connectivity index (χ1n) is 35.6. The number of nitrogens with one attached hydrogen (secondary N) is 1. The van der Waals surface area contributed by atoms with Crippen molar-refractivity contribution in [3.8, 4) is 0 Å². The second-order valence-corrected chi connectivity index (χ2v) is 25.0. The molecule has 0 bridgehead atoms. The summed E-state index contributed by atoms with van der Waals surface area (Å²) >= 11 is 0. The van der Waals surface area contributed by atoms with E-state index in [4.69, 9.17) is 14.2 Å². The molecule has 0 saturated carbocycles. The highest BCUT2D eigenvalue weighted by molar-refractivity contribution is 5.80. The van der Waals surface area contributed by atoms with Crippen LogP contribution in [0.3, 0.4) is 0 Å². The maximum Gasteiger partial charge on any atom is 0.306 e. The number of unbranched alkanes of at least 4 members (excludes halogenated alkanes) is 46. The van der Waals surface area contributed by atoms with Gasteiger partial charge in [-0.25, -0.2) is 0 Å². The number of hydrogen-bond acceptors (Lipinski definition) is 10. The SMILES string of the molecule is CCCCCC/C=C\CCCCCCCCCC(=O)OC1C(OCC(NC(=O)C(O)CCCCCCCCCCCCCCCCCCCCCCCCCCCC)C(O)/C=C/CCCCCCCCCCCC)OC(CO)C(O)C1O. The number of aliphatic hydroxyl groups is 5. The molecule has 484 valence electrons. The van der Waals surface area contributed by atoms with E-state index in [9.17, 15) is 35.1 Å². The molecular formula is C71H135NO10. The molecule has 1 aliphatic heterocycles. The van der Waals surface area contributed by atoms with Gasteiger partial charge in [0, 0.05) is 6.42 Å². The molecule has 0 aromatic heterocycles. The van der Waals surface area contributed by atoms with Gasteiger partial charge in [-0.05, 0) is 51.4 Å². The molecular weight excluding hydrogens is 1030 g/mol. The van der Waals surface area contributed by atoms with Gasteiger partial charge in [-0.2, -0.15) is 0 Å². The fourth-order valence-electron chi connectivity index (χ4n) is 11.5. The van der Waals surface area contributed by atoms with Gasteiger partial charge in [-0.1, -0.05) is 321 Å². The van der Waals surface area contributed by atoms with Crippen LogP contribution < -0.4 is 5.32 Å². The third kappa shape index (κ3) is 46.4. The number of rotatable bonds is 62. The quantitative estimate of drug-likeness (QED) is 0.0195. The highest BCUT2D eigenvalue weighted by Gasteiger charge is 2.47. The fourth-order valence-corrected chi connectivity index (χ4v) is 11.5. The van der Waals surface area contributed by atoms with E-state index in [0.29, 0.717) is 19.3 Å². The summed E-state index contributed by atoms with van der Waals surface area (Å²) in [6, 6.07) is -1.02. The highest BCUT2D eigenvalue weighted by Crippen LogP contribution is 2.26. The lowest BCUT2D eigenvalue weighted by Gasteiger charge is -2.41. The van der Waals surface area contributed by atoms with Crippen molar-refractivity contribution in [2.75, 3.05) is 13.2 Å². The van der Waals surface area contributed by atoms with Gasteiger partial charge in [0.2, 0.25) is 5.91 Å². The van der Waals surface area contributed by atoms with Crippen LogP contribution >= 0.6 is 0 Å². The van der Waals surface area contributed by atoms with E-state index < -0.39 is 67.4 Å². The number of esters is 1. The number of hydrogen-bond donors (Lipinski definition) is 6.